The SMILES string of the molecule is CC(N)CCC(=O)N(Cc1ccccc1)CC1CCC1. The van der Waals surface area contributed by atoms with Crippen molar-refractivity contribution in [1.82, 2.24) is 4.90 Å². The van der Waals surface area contributed by atoms with E-state index in [2.05, 4.69) is 12.1 Å². The topological polar surface area (TPSA) is 46.3 Å². The Morgan fingerprint density at radius 3 is 2.60 bits per heavy atom. The minimum atomic E-state index is 0.0984. The number of nitrogens with two attached hydrogens (primary N) is 1. The molecule has 1 amide bonds. The standard InChI is InChI=1S/C17H26N2O/c1-14(18)10-11-17(20)19(13-16-8-5-9-16)12-15-6-3-2-4-7-15/h2-4,6-7,14,16H,5,8-13,18H2,1H3. The first-order chi connectivity index (χ1) is 9.65. The van der Waals surface area contributed by atoms with Gasteiger partial charge in [-0.3, -0.25) is 4.79 Å². The van der Waals surface area contributed by atoms with Crippen LogP contribution in [0.25, 0.3) is 0 Å². The lowest BCUT2D eigenvalue weighted by molar-refractivity contribution is -0.133. The van der Waals surface area contributed by atoms with Gasteiger partial charge < -0.3 is 10.6 Å². The zero-order valence-electron chi connectivity index (χ0n) is 12.4. The molecule has 1 unspecified atom stereocenters. The quantitative estimate of drug-likeness (QED) is 0.831. The molecule has 2 rings (SSSR count). The Morgan fingerprint density at radius 1 is 1.35 bits per heavy atom. The molecule has 1 aliphatic carbocycles. The number of carbonyl (C=O) groups is 1. The number of hydrogen-bond acceptors (Lipinski definition) is 2. The first-order valence-corrected chi connectivity index (χ1v) is 7.72. The molecular weight excluding hydrogens is 248 g/mol. The summed E-state index contributed by atoms with van der Waals surface area (Å²) in [6, 6.07) is 10.4. The highest BCUT2D eigenvalue weighted by atomic mass is 16.2. The van der Waals surface area contributed by atoms with Gasteiger partial charge in [0.2, 0.25) is 5.91 Å². The highest BCUT2D eigenvalue weighted by Gasteiger charge is 2.23. The predicted octanol–water partition coefficient (Wildman–Crippen LogP) is 2.94. The smallest absolute Gasteiger partial charge is 0.222 e. The van der Waals surface area contributed by atoms with E-state index in [9.17, 15) is 4.79 Å². The molecule has 3 heteroatoms. The van der Waals surface area contributed by atoms with Gasteiger partial charge in [0, 0.05) is 25.6 Å². The highest BCUT2D eigenvalue weighted by molar-refractivity contribution is 5.76. The van der Waals surface area contributed by atoms with E-state index >= 15 is 0 Å². The Hall–Kier alpha value is -1.35. The fourth-order valence-electron chi connectivity index (χ4n) is 2.55. The third-order valence-electron chi connectivity index (χ3n) is 4.09. The van der Waals surface area contributed by atoms with Crippen molar-refractivity contribution in [3.05, 3.63) is 35.9 Å². The average molecular weight is 274 g/mol. The molecule has 0 saturated heterocycles. The van der Waals surface area contributed by atoms with Crippen LogP contribution in [0.15, 0.2) is 30.3 Å². The first-order valence-electron chi connectivity index (χ1n) is 7.72. The van der Waals surface area contributed by atoms with Crippen LogP contribution in [0.3, 0.4) is 0 Å². The van der Waals surface area contributed by atoms with E-state index in [-0.39, 0.29) is 11.9 Å². The van der Waals surface area contributed by atoms with E-state index < -0.39 is 0 Å². The maximum Gasteiger partial charge on any atom is 0.222 e. The molecule has 1 aromatic carbocycles. The molecule has 1 aliphatic rings. The van der Waals surface area contributed by atoms with Crippen molar-refractivity contribution in [2.24, 2.45) is 11.7 Å². The third-order valence-corrected chi connectivity index (χ3v) is 4.09. The Bertz CT molecular complexity index is 412. The number of amides is 1. The van der Waals surface area contributed by atoms with E-state index in [4.69, 9.17) is 5.73 Å². The minimum Gasteiger partial charge on any atom is -0.338 e. The van der Waals surface area contributed by atoms with Crippen LogP contribution >= 0.6 is 0 Å². The molecular formula is C17H26N2O. The zero-order chi connectivity index (χ0) is 14.4. The van der Waals surface area contributed by atoms with Crippen LogP contribution in [-0.4, -0.2) is 23.4 Å². The maximum atomic E-state index is 12.4. The molecule has 1 aromatic rings. The van der Waals surface area contributed by atoms with Crippen LogP contribution < -0.4 is 5.73 Å². The van der Waals surface area contributed by atoms with Crippen molar-refractivity contribution < 1.29 is 4.79 Å². The van der Waals surface area contributed by atoms with Gasteiger partial charge >= 0.3 is 0 Å². The summed E-state index contributed by atoms with van der Waals surface area (Å²) in [6.07, 6.45) is 5.20. The van der Waals surface area contributed by atoms with Gasteiger partial charge in [0.25, 0.3) is 0 Å². The number of carbonyl (C=O) groups excluding carboxylic acids is 1. The number of benzene rings is 1. The van der Waals surface area contributed by atoms with Crippen molar-refractivity contribution >= 4 is 5.91 Å². The van der Waals surface area contributed by atoms with E-state index in [1.165, 1.54) is 24.8 Å². The molecule has 0 spiro atoms. The van der Waals surface area contributed by atoms with Crippen molar-refractivity contribution in [2.75, 3.05) is 6.54 Å². The second-order valence-corrected chi connectivity index (χ2v) is 6.07. The van der Waals surface area contributed by atoms with Crippen molar-refractivity contribution in [1.29, 1.82) is 0 Å². The van der Waals surface area contributed by atoms with Crippen molar-refractivity contribution in [3.8, 4) is 0 Å². The summed E-state index contributed by atoms with van der Waals surface area (Å²) in [7, 11) is 0. The summed E-state index contributed by atoms with van der Waals surface area (Å²) >= 11 is 0. The first kappa shape index (κ1) is 15.0. The largest absolute Gasteiger partial charge is 0.338 e. The summed E-state index contributed by atoms with van der Waals surface area (Å²) in [6.45, 7) is 3.60. The van der Waals surface area contributed by atoms with E-state index in [1.807, 2.05) is 30.0 Å². The Labute approximate surface area is 122 Å². The number of rotatable bonds is 7. The number of nitrogens with zero attached hydrogens (tertiary/aromatic N) is 1. The Kier molecular flexibility index (Phi) is 5.60. The lowest BCUT2D eigenvalue weighted by Gasteiger charge is -2.32. The Morgan fingerprint density at radius 2 is 2.05 bits per heavy atom. The van der Waals surface area contributed by atoms with Gasteiger partial charge in [-0.15, -0.1) is 0 Å². The molecule has 1 atom stereocenters. The lowest BCUT2D eigenvalue weighted by atomic mass is 9.85. The fourth-order valence-corrected chi connectivity index (χ4v) is 2.55. The summed E-state index contributed by atoms with van der Waals surface area (Å²) in [5, 5.41) is 0. The third kappa shape index (κ3) is 4.64. The van der Waals surface area contributed by atoms with E-state index in [0.717, 1.165) is 19.5 Å². The minimum absolute atomic E-state index is 0.0984. The Balaban J connectivity index is 1.94. The van der Waals surface area contributed by atoms with Gasteiger partial charge in [-0.1, -0.05) is 36.8 Å². The van der Waals surface area contributed by atoms with Crippen molar-refractivity contribution in [3.63, 3.8) is 0 Å². The lowest BCUT2D eigenvalue weighted by Crippen LogP contribution is -2.37. The molecule has 0 heterocycles. The zero-order valence-corrected chi connectivity index (χ0v) is 12.4. The van der Waals surface area contributed by atoms with Gasteiger partial charge in [-0.25, -0.2) is 0 Å². The van der Waals surface area contributed by atoms with E-state index in [1.54, 1.807) is 0 Å². The van der Waals surface area contributed by atoms with E-state index in [0.29, 0.717) is 12.3 Å². The van der Waals surface area contributed by atoms with Crippen LogP contribution in [0.1, 0.15) is 44.6 Å². The molecule has 1 fully saturated rings. The van der Waals surface area contributed by atoms with Crippen LogP contribution in [0.2, 0.25) is 0 Å². The molecule has 0 bridgehead atoms. The summed E-state index contributed by atoms with van der Waals surface area (Å²) in [5.41, 5.74) is 6.97. The molecule has 20 heavy (non-hydrogen) atoms. The average Bonchev–Trinajstić information content (AvgIpc) is 2.39. The van der Waals surface area contributed by atoms with Crippen LogP contribution in [0.5, 0.6) is 0 Å². The van der Waals surface area contributed by atoms with Gasteiger partial charge in [-0.05, 0) is 37.7 Å². The van der Waals surface area contributed by atoms with Gasteiger partial charge in [0.1, 0.15) is 0 Å². The second-order valence-electron chi connectivity index (χ2n) is 6.07. The molecule has 1 saturated carbocycles. The molecule has 3 nitrogen and oxygen atoms in total. The summed E-state index contributed by atoms with van der Waals surface area (Å²) < 4.78 is 0. The second kappa shape index (κ2) is 7.44. The van der Waals surface area contributed by atoms with Gasteiger partial charge in [-0.2, -0.15) is 0 Å². The monoisotopic (exact) mass is 274 g/mol. The summed E-state index contributed by atoms with van der Waals surface area (Å²) in [4.78, 5) is 14.4. The molecule has 0 radical (unpaired) electrons. The summed E-state index contributed by atoms with van der Waals surface area (Å²) in [5.74, 6) is 0.955. The van der Waals surface area contributed by atoms with Gasteiger partial charge in [0.15, 0.2) is 0 Å². The normalized spacial score (nSPS) is 16.5. The van der Waals surface area contributed by atoms with Crippen LogP contribution in [-0.2, 0) is 11.3 Å². The van der Waals surface area contributed by atoms with Crippen LogP contribution in [0, 0.1) is 5.92 Å². The van der Waals surface area contributed by atoms with Gasteiger partial charge in [0.05, 0.1) is 0 Å². The molecule has 2 N–H and O–H groups in total. The highest BCUT2D eigenvalue weighted by Crippen LogP contribution is 2.28. The predicted molar refractivity (Wildman–Crippen MR) is 82.1 cm³/mol. The molecule has 0 aliphatic heterocycles. The molecule has 110 valence electrons. The molecule has 0 aromatic heterocycles. The van der Waals surface area contributed by atoms with Crippen molar-refractivity contribution in [2.45, 2.75) is 51.6 Å². The van der Waals surface area contributed by atoms with Crippen LogP contribution in [0.4, 0.5) is 0 Å². The maximum absolute atomic E-state index is 12.4. The number of hydrogen-bond donors (Lipinski definition) is 1. The fraction of sp³-hybridized carbons (Fsp3) is 0.588.